The summed E-state index contributed by atoms with van der Waals surface area (Å²) in [6.45, 7) is 3.94. The van der Waals surface area contributed by atoms with E-state index in [1.54, 1.807) is 0 Å². The summed E-state index contributed by atoms with van der Waals surface area (Å²) in [4.78, 5) is 0. The van der Waals surface area contributed by atoms with Gasteiger partial charge in [-0.15, -0.1) is 0 Å². The fraction of sp³-hybridized carbons (Fsp3) is 0.647. The molecule has 0 saturated heterocycles. The van der Waals surface area contributed by atoms with Gasteiger partial charge in [0.2, 0.25) is 0 Å². The normalized spacial score (nSPS) is 25.8. The van der Waals surface area contributed by atoms with E-state index in [0.29, 0.717) is 12.1 Å². The van der Waals surface area contributed by atoms with Crippen molar-refractivity contribution in [2.24, 2.45) is 5.92 Å². The van der Waals surface area contributed by atoms with Crippen LogP contribution in [0.15, 0.2) is 24.3 Å². The number of ether oxygens (including phenoxy) is 1. The van der Waals surface area contributed by atoms with E-state index in [-0.39, 0.29) is 0 Å². The van der Waals surface area contributed by atoms with Crippen molar-refractivity contribution in [3.8, 4) is 0 Å². The lowest BCUT2D eigenvalue weighted by molar-refractivity contribution is 0.0747. The Kier molecular flexibility index (Phi) is 4.19. The highest BCUT2D eigenvalue weighted by atomic mass is 16.5. The van der Waals surface area contributed by atoms with E-state index in [2.05, 4.69) is 36.5 Å². The summed E-state index contributed by atoms with van der Waals surface area (Å²) < 4.78 is 5.73. The lowest BCUT2D eigenvalue weighted by Gasteiger charge is -2.34. The highest BCUT2D eigenvalue weighted by molar-refractivity contribution is 5.31. The zero-order valence-electron chi connectivity index (χ0n) is 11.9. The molecule has 3 rings (SSSR count). The molecular weight excluding hydrogens is 234 g/mol. The zero-order chi connectivity index (χ0) is 13.1. The molecule has 2 heteroatoms. The summed E-state index contributed by atoms with van der Waals surface area (Å²) in [5.74, 6) is 0.850. The van der Waals surface area contributed by atoms with Gasteiger partial charge in [0.1, 0.15) is 0 Å². The molecule has 1 unspecified atom stereocenters. The van der Waals surface area contributed by atoms with Crippen molar-refractivity contribution >= 4 is 0 Å². The Bertz CT molecular complexity index is 411. The fourth-order valence-corrected chi connectivity index (χ4v) is 3.61. The Morgan fingerprint density at radius 2 is 1.95 bits per heavy atom. The molecule has 1 aliphatic heterocycles. The molecule has 2 atom stereocenters. The number of nitrogens with one attached hydrogen (secondary N) is 1. The molecule has 1 heterocycles. The van der Waals surface area contributed by atoms with Crippen LogP contribution in [0.25, 0.3) is 0 Å². The summed E-state index contributed by atoms with van der Waals surface area (Å²) in [6.07, 6.45) is 7.04. The van der Waals surface area contributed by atoms with Crippen LogP contribution in [-0.4, -0.2) is 12.6 Å². The first kappa shape index (κ1) is 13.1. The number of hydrogen-bond donors (Lipinski definition) is 1. The van der Waals surface area contributed by atoms with Crippen molar-refractivity contribution in [3.63, 3.8) is 0 Å². The molecule has 0 aromatic heterocycles. The average molecular weight is 259 g/mol. The SMILES string of the molecule is C[C@H](NC1COCc2ccccc21)C1CCCCC1. The van der Waals surface area contributed by atoms with Gasteiger partial charge in [-0.1, -0.05) is 43.5 Å². The molecule has 0 bridgehead atoms. The van der Waals surface area contributed by atoms with Gasteiger partial charge in [0.15, 0.2) is 0 Å². The van der Waals surface area contributed by atoms with Crippen LogP contribution in [0, 0.1) is 5.92 Å². The summed E-state index contributed by atoms with van der Waals surface area (Å²) in [7, 11) is 0. The molecule has 1 fully saturated rings. The van der Waals surface area contributed by atoms with Crippen molar-refractivity contribution in [3.05, 3.63) is 35.4 Å². The van der Waals surface area contributed by atoms with Crippen molar-refractivity contribution < 1.29 is 4.74 Å². The van der Waals surface area contributed by atoms with Gasteiger partial charge in [-0.25, -0.2) is 0 Å². The first-order valence-electron chi connectivity index (χ1n) is 7.76. The van der Waals surface area contributed by atoms with E-state index in [9.17, 15) is 0 Å². The first-order valence-corrected chi connectivity index (χ1v) is 7.76. The second-order valence-electron chi connectivity index (χ2n) is 6.12. The first-order chi connectivity index (χ1) is 9.34. The number of benzene rings is 1. The minimum Gasteiger partial charge on any atom is -0.375 e. The summed E-state index contributed by atoms with van der Waals surface area (Å²) in [6, 6.07) is 9.67. The third-order valence-electron chi connectivity index (χ3n) is 4.79. The van der Waals surface area contributed by atoms with Gasteiger partial charge in [-0.2, -0.15) is 0 Å². The molecule has 1 aromatic rings. The van der Waals surface area contributed by atoms with E-state index >= 15 is 0 Å². The Morgan fingerprint density at radius 3 is 2.79 bits per heavy atom. The quantitative estimate of drug-likeness (QED) is 0.891. The third-order valence-corrected chi connectivity index (χ3v) is 4.79. The highest BCUT2D eigenvalue weighted by Gasteiger charge is 2.26. The topological polar surface area (TPSA) is 21.3 Å². The predicted octanol–water partition coefficient (Wildman–Crippen LogP) is 3.82. The molecule has 0 radical (unpaired) electrons. The van der Waals surface area contributed by atoms with Gasteiger partial charge < -0.3 is 10.1 Å². The zero-order valence-corrected chi connectivity index (χ0v) is 11.9. The van der Waals surface area contributed by atoms with Crippen molar-refractivity contribution in [2.75, 3.05) is 6.61 Å². The van der Waals surface area contributed by atoms with Gasteiger partial charge in [-0.3, -0.25) is 0 Å². The fourth-order valence-electron chi connectivity index (χ4n) is 3.61. The predicted molar refractivity (Wildman–Crippen MR) is 78.0 cm³/mol. The number of hydrogen-bond acceptors (Lipinski definition) is 2. The molecule has 19 heavy (non-hydrogen) atoms. The van der Waals surface area contributed by atoms with E-state index in [0.717, 1.165) is 19.1 Å². The van der Waals surface area contributed by atoms with Gasteiger partial charge in [0, 0.05) is 6.04 Å². The molecule has 1 aliphatic carbocycles. The lowest BCUT2D eigenvalue weighted by Crippen LogP contribution is -2.40. The molecule has 1 N–H and O–H groups in total. The molecule has 104 valence electrons. The minimum absolute atomic E-state index is 0.377. The standard InChI is InChI=1S/C17H25NO/c1-13(14-7-3-2-4-8-14)18-17-12-19-11-15-9-5-6-10-16(15)17/h5-6,9-10,13-14,17-18H,2-4,7-8,11-12H2,1H3/t13-,17?/m0/s1. The monoisotopic (exact) mass is 259 g/mol. The molecule has 0 spiro atoms. The smallest absolute Gasteiger partial charge is 0.0721 e. The third kappa shape index (κ3) is 3.01. The maximum absolute atomic E-state index is 5.73. The van der Waals surface area contributed by atoms with E-state index in [1.165, 1.54) is 43.2 Å². The molecule has 2 nitrogen and oxygen atoms in total. The van der Waals surface area contributed by atoms with E-state index < -0.39 is 0 Å². The maximum atomic E-state index is 5.73. The maximum Gasteiger partial charge on any atom is 0.0721 e. The van der Waals surface area contributed by atoms with Crippen molar-refractivity contribution in [2.45, 2.75) is 57.7 Å². The Hall–Kier alpha value is -0.860. The minimum atomic E-state index is 0.377. The summed E-state index contributed by atoms with van der Waals surface area (Å²) in [5.41, 5.74) is 2.79. The van der Waals surface area contributed by atoms with E-state index in [1.807, 2.05) is 0 Å². The van der Waals surface area contributed by atoms with Gasteiger partial charge in [-0.05, 0) is 36.8 Å². The van der Waals surface area contributed by atoms with Gasteiger partial charge in [0.25, 0.3) is 0 Å². The van der Waals surface area contributed by atoms with Crippen molar-refractivity contribution in [1.29, 1.82) is 0 Å². The van der Waals surface area contributed by atoms with Crippen molar-refractivity contribution in [1.82, 2.24) is 5.32 Å². The largest absolute Gasteiger partial charge is 0.375 e. The highest BCUT2D eigenvalue weighted by Crippen LogP contribution is 2.30. The lowest BCUT2D eigenvalue weighted by atomic mass is 9.84. The van der Waals surface area contributed by atoms with Gasteiger partial charge >= 0.3 is 0 Å². The van der Waals surface area contributed by atoms with Crippen LogP contribution in [-0.2, 0) is 11.3 Å². The van der Waals surface area contributed by atoms with Gasteiger partial charge in [0.05, 0.1) is 19.3 Å². The Labute approximate surface area is 116 Å². The molecule has 0 amide bonds. The van der Waals surface area contributed by atoms with Crippen LogP contribution in [0.4, 0.5) is 0 Å². The van der Waals surface area contributed by atoms with Crippen LogP contribution >= 0.6 is 0 Å². The van der Waals surface area contributed by atoms with Crippen LogP contribution in [0.1, 0.15) is 56.2 Å². The Balaban J connectivity index is 1.66. The van der Waals surface area contributed by atoms with Crippen LogP contribution in [0.3, 0.4) is 0 Å². The molecule has 1 aromatic carbocycles. The summed E-state index contributed by atoms with van der Waals surface area (Å²) >= 11 is 0. The number of rotatable bonds is 3. The van der Waals surface area contributed by atoms with Crippen LogP contribution in [0.2, 0.25) is 0 Å². The Morgan fingerprint density at radius 1 is 1.16 bits per heavy atom. The molecule has 2 aliphatic rings. The number of fused-ring (bicyclic) bond motifs is 1. The van der Waals surface area contributed by atoms with Crippen LogP contribution in [0.5, 0.6) is 0 Å². The van der Waals surface area contributed by atoms with E-state index in [4.69, 9.17) is 4.74 Å². The molecular formula is C17H25NO. The van der Waals surface area contributed by atoms with Crippen LogP contribution < -0.4 is 5.32 Å². The second-order valence-corrected chi connectivity index (χ2v) is 6.12. The average Bonchev–Trinajstić information content (AvgIpc) is 2.48. The molecule has 1 saturated carbocycles. The summed E-state index contributed by atoms with van der Waals surface area (Å²) in [5, 5.41) is 3.82. The second kappa shape index (κ2) is 6.06.